The number of halogens is 1. The second kappa shape index (κ2) is 11.0. The smallest absolute Gasteiger partial charge is 0.266 e. The van der Waals surface area contributed by atoms with Gasteiger partial charge in [-0.2, -0.15) is 0 Å². The van der Waals surface area contributed by atoms with Crippen molar-refractivity contribution in [3.8, 4) is 11.5 Å². The summed E-state index contributed by atoms with van der Waals surface area (Å²) in [6.45, 7) is 0.562. The Kier molecular flexibility index (Phi) is 7.56. The first-order chi connectivity index (χ1) is 17.5. The SMILES string of the molecule is O=C(CCCN1C(=O)/C(=C/c2ccc3c(c2)OCO3)SC1=S)Nc1ncc(Cc2ccccc2Cl)s1. The van der Waals surface area contributed by atoms with E-state index in [0.29, 0.717) is 50.3 Å². The van der Waals surface area contributed by atoms with Gasteiger partial charge < -0.3 is 14.8 Å². The van der Waals surface area contributed by atoms with Gasteiger partial charge in [-0.25, -0.2) is 4.98 Å². The minimum Gasteiger partial charge on any atom is -0.454 e. The summed E-state index contributed by atoms with van der Waals surface area (Å²) in [5.41, 5.74) is 1.84. The van der Waals surface area contributed by atoms with Crippen molar-refractivity contribution in [2.75, 3.05) is 18.7 Å². The first kappa shape index (κ1) is 24.8. The van der Waals surface area contributed by atoms with Crippen molar-refractivity contribution in [1.29, 1.82) is 0 Å². The number of amides is 2. The molecule has 2 aliphatic heterocycles. The van der Waals surface area contributed by atoms with E-state index in [2.05, 4.69) is 10.3 Å². The molecule has 184 valence electrons. The summed E-state index contributed by atoms with van der Waals surface area (Å²) in [7, 11) is 0. The quantitative estimate of drug-likeness (QED) is 0.279. The number of ether oxygens (including phenoxy) is 2. The lowest BCUT2D eigenvalue weighted by Crippen LogP contribution is -2.29. The fourth-order valence-electron chi connectivity index (χ4n) is 3.70. The Balaban J connectivity index is 1.11. The van der Waals surface area contributed by atoms with Crippen LogP contribution in [0.4, 0.5) is 5.13 Å². The maximum Gasteiger partial charge on any atom is 0.266 e. The van der Waals surface area contributed by atoms with E-state index in [1.54, 1.807) is 12.3 Å². The Morgan fingerprint density at radius 3 is 2.92 bits per heavy atom. The van der Waals surface area contributed by atoms with Crippen LogP contribution in [0, 0.1) is 0 Å². The van der Waals surface area contributed by atoms with Crippen LogP contribution in [0.2, 0.25) is 5.02 Å². The highest BCUT2D eigenvalue weighted by molar-refractivity contribution is 8.26. The zero-order chi connectivity index (χ0) is 25.1. The summed E-state index contributed by atoms with van der Waals surface area (Å²) in [6.07, 6.45) is 4.92. The van der Waals surface area contributed by atoms with E-state index < -0.39 is 0 Å². The van der Waals surface area contributed by atoms with Crippen molar-refractivity contribution in [3.05, 3.63) is 74.6 Å². The molecule has 7 nitrogen and oxygen atoms in total. The first-order valence-electron chi connectivity index (χ1n) is 11.1. The van der Waals surface area contributed by atoms with Gasteiger partial charge in [0.15, 0.2) is 16.6 Å². The number of anilines is 1. The molecule has 3 heterocycles. The van der Waals surface area contributed by atoms with Gasteiger partial charge in [0.1, 0.15) is 4.32 Å². The van der Waals surface area contributed by atoms with E-state index in [-0.39, 0.29) is 25.0 Å². The second-order valence-electron chi connectivity index (χ2n) is 8.00. The highest BCUT2D eigenvalue weighted by atomic mass is 35.5. The number of aromatic nitrogens is 1. The predicted octanol–water partition coefficient (Wildman–Crippen LogP) is 5.74. The lowest BCUT2D eigenvalue weighted by atomic mass is 10.1. The van der Waals surface area contributed by atoms with Crippen LogP contribution in [-0.4, -0.2) is 39.4 Å². The van der Waals surface area contributed by atoms with Crippen LogP contribution in [0.3, 0.4) is 0 Å². The molecule has 2 aliphatic rings. The fourth-order valence-corrected chi connectivity index (χ4v) is 6.07. The van der Waals surface area contributed by atoms with Crippen LogP contribution >= 0.6 is 46.9 Å². The normalized spacial score (nSPS) is 15.7. The Morgan fingerprint density at radius 1 is 1.22 bits per heavy atom. The van der Waals surface area contributed by atoms with Gasteiger partial charge >= 0.3 is 0 Å². The van der Waals surface area contributed by atoms with Gasteiger partial charge in [-0.05, 0) is 41.8 Å². The molecule has 2 aromatic carbocycles. The maximum absolute atomic E-state index is 12.9. The van der Waals surface area contributed by atoms with Gasteiger partial charge in [-0.3, -0.25) is 14.5 Å². The summed E-state index contributed by atoms with van der Waals surface area (Å²) in [5.74, 6) is 1.02. The van der Waals surface area contributed by atoms with Crippen molar-refractivity contribution in [2.45, 2.75) is 19.3 Å². The van der Waals surface area contributed by atoms with Gasteiger partial charge in [0.2, 0.25) is 12.7 Å². The van der Waals surface area contributed by atoms with Gasteiger partial charge in [0.25, 0.3) is 5.91 Å². The molecule has 0 bridgehead atoms. The Labute approximate surface area is 226 Å². The maximum atomic E-state index is 12.9. The molecule has 0 atom stereocenters. The summed E-state index contributed by atoms with van der Waals surface area (Å²) in [6, 6.07) is 13.2. The Morgan fingerprint density at radius 2 is 2.06 bits per heavy atom. The van der Waals surface area contributed by atoms with Crippen LogP contribution < -0.4 is 14.8 Å². The van der Waals surface area contributed by atoms with Crippen molar-refractivity contribution in [2.24, 2.45) is 0 Å². The molecule has 1 N–H and O–H groups in total. The molecule has 5 rings (SSSR count). The number of nitrogens with one attached hydrogen (secondary N) is 1. The fraction of sp³-hybridized carbons (Fsp3) is 0.200. The van der Waals surface area contributed by atoms with Crippen LogP contribution in [0.15, 0.2) is 53.6 Å². The number of carbonyl (C=O) groups excluding carboxylic acids is 2. The van der Waals surface area contributed by atoms with Crippen molar-refractivity contribution in [3.63, 3.8) is 0 Å². The van der Waals surface area contributed by atoms with Gasteiger partial charge in [-0.1, -0.05) is 59.8 Å². The summed E-state index contributed by atoms with van der Waals surface area (Å²) in [4.78, 5) is 32.7. The zero-order valence-corrected chi connectivity index (χ0v) is 22.1. The lowest BCUT2D eigenvalue weighted by molar-refractivity contribution is -0.122. The molecular weight excluding hydrogens is 538 g/mol. The molecule has 1 fully saturated rings. The van der Waals surface area contributed by atoms with Crippen molar-refractivity contribution >= 4 is 74.3 Å². The average Bonchev–Trinajstić information content (AvgIpc) is 3.56. The molecule has 0 radical (unpaired) electrons. The van der Waals surface area contributed by atoms with E-state index >= 15 is 0 Å². The third-order valence-corrected chi connectivity index (χ3v) is 8.14. The third kappa shape index (κ3) is 5.73. The minimum atomic E-state index is -0.160. The summed E-state index contributed by atoms with van der Waals surface area (Å²) < 4.78 is 11.2. The third-order valence-electron chi connectivity index (χ3n) is 5.48. The molecule has 2 amide bonds. The molecule has 11 heteroatoms. The largest absolute Gasteiger partial charge is 0.454 e. The number of rotatable bonds is 8. The Bertz CT molecular complexity index is 1370. The number of benzene rings is 2. The highest BCUT2D eigenvalue weighted by Gasteiger charge is 2.31. The molecule has 0 unspecified atom stereocenters. The number of hydrogen-bond donors (Lipinski definition) is 1. The molecule has 0 spiro atoms. The van der Waals surface area contributed by atoms with Crippen LogP contribution in [0.25, 0.3) is 6.08 Å². The van der Waals surface area contributed by atoms with E-state index in [1.165, 1.54) is 28.0 Å². The topological polar surface area (TPSA) is 80.8 Å². The van der Waals surface area contributed by atoms with E-state index in [0.717, 1.165) is 16.0 Å². The molecule has 0 aliphatic carbocycles. The van der Waals surface area contributed by atoms with E-state index in [1.807, 2.05) is 42.5 Å². The Hall–Kier alpha value is -2.92. The van der Waals surface area contributed by atoms with Crippen molar-refractivity contribution in [1.82, 2.24) is 9.88 Å². The van der Waals surface area contributed by atoms with Gasteiger partial charge in [0.05, 0.1) is 4.91 Å². The molecule has 36 heavy (non-hydrogen) atoms. The highest BCUT2D eigenvalue weighted by Crippen LogP contribution is 2.36. The lowest BCUT2D eigenvalue weighted by Gasteiger charge is -2.13. The van der Waals surface area contributed by atoms with Crippen LogP contribution in [0.1, 0.15) is 28.8 Å². The molecule has 0 saturated carbocycles. The number of nitrogens with zero attached hydrogens (tertiary/aromatic N) is 2. The van der Waals surface area contributed by atoms with Crippen molar-refractivity contribution < 1.29 is 19.1 Å². The van der Waals surface area contributed by atoms with Gasteiger partial charge in [0, 0.05) is 35.5 Å². The minimum absolute atomic E-state index is 0.157. The summed E-state index contributed by atoms with van der Waals surface area (Å²) in [5, 5.41) is 4.08. The number of thiazole rings is 1. The number of carbonyl (C=O) groups is 2. The van der Waals surface area contributed by atoms with Crippen LogP contribution in [0.5, 0.6) is 11.5 Å². The number of hydrogen-bond acceptors (Lipinski definition) is 8. The number of thioether (sulfide) groups is 1. The molecular formula is C25H20ClN3O4S3. The molecule has 3 aromatic rings. The number of fused-ring (bicyclic) bond motifs is 1. The molecule has 1 saturated heterocycles. The second-order valence-corrected chi connectivity index (χ2v) is 11.2. The van der Waals surface area contributed by atoms with Gasteiger partial charge in [-0.15, -0.1) is 11.3 Å². The van der Waals surface area contributed by atoms with E-state index in [9.17, 15) is 9.59 Å². The standard InChI is InChI=1S/C25H20ClN3O4S3/c26-18-5-2-1-4-16(18)12-17-13-27-24(35-17)28-22(30)6-3-9-29-23(31)21(36-25(29)34)11-15-7-8-19-20(10-15)33-14-32-19/h1-2,4-5,7-8,10-11,13H,3,6,9,12,14H2,(H,27,28,30)/b21-11-. The van der Waals surface area contributed by atoms with Crippen LogP contribution in [-0.2, 0) is 16.0 Å². The predicted molar refractivity (Wildman–Crippen MR) is 147 cm³/mol. The monoisotopic (exact) mass is 557 g/mol. The zero-order valence-electron chi connectivity index (χ0n) is 18.9. The van der Waals surface area contributed by atoms with E-state index in [4.69, 9.17) is 33.3 Å². The number of thiocarbonyl (C=S) groups is 1. The molecule has 1 aromatic heterocycles. The summed E-state index contributed by atoms with van der Waals surface area (Å²) >= 11 is 14.3. The first-order valence-corrected chi connectivity index (χ1v) is 13.5. The average molecular weight is 558 g/mol.